The second-order valence-corrected chi connectivity index (χ2v) is 9.64. The lowest BCUT2D eigenvalue weighted by Gasteiger charge is -2.26. The molecule has 1 fully saturated rings. The fraction of sp³-hybridized carbons (Fsp3) is 0.0938. The number of rotatable bonds is 4. The van der Waals surface area contributed by atoms with Gasteiger partial charge in [-0.15, -0.1) is 0 Å². The molecule has 1 aromatic heterocycles. The number of carbonyl (C=O) groups is 3. The first-order valence-electron chi connectivity index (χ1n) is 12.4. The third-order valence-corrected chi connectivity index (χ3v) is 7.14. The molecular formula is C32H25N3O3. The van der Waals surface area contributed by atoms with Crippen molar-refractivity contribution in [3.8, 4) is 0 Å². The zero-order chi connectivity index (χ0) is 26.4. The standard InChI is InChI=1S/C32H25N3O3/c1-20-11-14-26(15-21(20)2)35-31(37)28(30(36)33-32(35)38)17-25-19-34(29-10-6-5-9-27(25)29)18-22-12-13-23-7-3-4-8-24(23)16-22/h3-17,19H,18H2,1-2H3,(H,33,36,38)/b28-17+. The number of barbiturate groups is 1. The zero-order valence-corrected chi connectivity index (χ0v) is 21.1. The van der Waals surface area contributed by atoms with E-state index < -0.39 is 17.8 Å². The molecule has 38 heavy (non-hydrogen) atoms. The molecule has 4 aromatic carbocycles. The van der Waals surface area contributed by atoms with E-state index in [2.05, 4.69) is 40.2 Å². The van der Waals surface area contributed by atoms with Crippen molar-refractivity contribution < 1.29 is 14.4 Å². The molecule has 2 heterocycles. The molecule has 0 bridgehead atoms. The van der Waals surface area contributed by atoms with Crippen molar-refractivity contribution in [2.75, 3.05) is 4.90 Å². The van der Waals surface area contributed by atoms with Gasteiger partial charge in [0.1, 0.15) is 5.57 Å². The molecule has 0 unspecified atom stereocenters. The minimum Gasteiger partial charge on any atom is -0.342 e. The van der Waals surface area contributed by atoms with Gasteiger partial charge in [-0.1, -0.05) is 60.7 Å². The number of hydrogen-bond acceptors (Lipinski definition) is 3. The summed E-state index contributed by atoms with van der Waals surface area (Å²) in [5.41, 5.74) is 5.19. The van der Waals surface area contributed by atoms with E-state index in [1.165, 1.54) is 10.8 Å². The Kier molecular flexibility index (Phi) is 5.65. The summed E-state index contributed by atoms with van der Waals surface area (Å²) in [7, 11) is 0. The van der Waals surface area contributed by atoms with Gasteiger partial charge in [0.25, 0.3) is 11.8 Å². The summed E-state index contributed by atoms with van der Waals surface area (Å²) in [6.07, 6.45) is 3.53. The van der Waals surface area contributed by atoms with Crippen LogP contribution in [0.25, 0.3) is 27.8 Å². The van der Waals surface area contributed by atoms with Crippen molar-refractivity contribution in [1.29, 1.82) is 0 Å². The normalized spacial score (nSPS) is 15.1. The minimum absolute atomic E-state index is 0.0866. The Balaban J connectivity index is 1.40. The van der Waals surface area contributed by atoms with Crippen molar-refractivity contribution in [3.63, 3.8) is 0 Å². The second-order valence-electron chi connectivity index (χ2n) is 9.64. The highest BCUT2D eigenvalue weighted by Crippen LogP contribution is 2.28. The van der Waals surface area contributed by atoms with Gasteiger partial charge < -0.3 is 4.57 Å². The number of hydrogen-bond donors (Lipinski definition) is 1. The molecule has 1 N–H and O–H groups in total. The van der Waals surface area contributed by atoms with Crippen LogP contribution < -0.4 is 10.2 Å². The van der Waals surface area contributed by atoms with Crippen LogP contribution in [0.3, 0.4) is 0 Å². The summed E-state index contributed by atoms with van der Waals surface area (Å²) in [6.45, 7) is 4.50. The molecular weight excluding hydrogens is 474 g/mol. The molecule has 4 amide bonds. The maximum Gasteiger partial charge on any atom is 0.335 e. The second kappa shape index (κ2) is 9.16. The zero-order valence-electron chi connectivity index (χ0n) is 21.1. The molecule has 1 aliphatic heterocycles. The number of anilines is 1. The first kappa shape index (κ1) is 23.4. The van der Waals surface area contributed by atoms with Gasteiger partial charge in [-0.05, 0) is 71.7 Å². The van der Waals surface area contributed by atoms with Crippen molar-refractivity contribution in [2.45, 2.75) is 20.4 Å². The average Bonchev–Trinajstić information content (AvgIpc) is 3.25. The van der Waals surface area contributed by atoms with Crippen molar-refractivity contribution >= 4 is 51.3 Å². The first-order valence-corrected chi connectivity index (χ1v) is 12.4. The topological polar surface area (TPSA) is 71.4 Å². The van der Waals surface area contributed by atoms with E-state index in [9.17, 15) is 14.4 Å². The van der Waals surface area contributed by atoms with E-state index in [0.29, 0.717) is 12.2 Å². The Bertz CT molecular complexity index is 1810. The first-order chi connectivity index (χ1) is 18.4. The van der Waals surface area contributed by atoms with Crippen LogP contribution in [0, 0.1) is 13.8 Å². The number of aromatic nitrogens is 1. The van der Waals surface area contributed by atoms with Crippen molar-refractivity contribution in [2.24, 2.45) is 0 Å². The molecule has 1 aliphatic rings. The quantitative estimate of drug-likeness (QED) is 0.239. The highest BCUT2D eigenvalue weighted by molar-refractivity contribution is 6.39. The molecule has 186 valence electrons. The SMILES string of the molecule is Cc1ccc(N2C(=O)NC(=O)/C(=C\c3cn(Cc4ccc5ccccc5c4)c4ccccc34)C2=O)cc1C. The fourth-order valence-corrected chi connectivity index (χ4v) is 4.97. The van der Waals surface area contributed by atoms with Gasteiger partial charge in [-0.3, -0.25) is 14.9 Å². The smallest absolute Gasteiger partial charge is 0.335 e. The molecule has 0 saturated carbocycles. The van der Waals surface area contributed by atoms with Gasteiger partial charge in [0, 0.05) is 29.2 Å². The summed E-state index contributed by atoms with van der Waals surface area (Å²) in [4.78, 5) is 40.0. The highest BCUT2D eigenvalue weighted by Gasteiger charge is 2.37. The molecule has 0 spiro atoms. The number of para-hydroxylation sites is 1. The van der Waals surface area contributed by atoms with E-state index in [1.807, 2.05) is 62.5 Å². The number of urea groups is 1. The molecule has 5 aromatic rings. The number of nitrogens with zero attached hydrogens (tertiary/aromatic N) is 2. The maximum atomic E-state index is 13.5. The molecule has 6 heteroatoms. The number of benzene rings is 4. The molecule has 6 rings (SSSR count). The number of fused-ring (bicyclic) bond motifs is 2. The summed E-state index contributed by atoms with van der Waals surface area (Å²) >= 11 is 0. The molecule has 0 radical (unpaired) electrons. The summed E-state index contributed by atoms with van der Waals surface area (Å²) in [5.74, 6) is -1.35. The molecule has 0 aliphatic carbocycles. The van der Waals surface area contributed by atoms with E-state index >= 15 is 0 Å². The van der Waals surface area contributed by atoms with Gasteiger partial charge in [0.2, 0.25) is 0 Å². The van der Waals surface area contributed by atoms with E-state index in [-0.39, 0.29) is 5.57 Å². The van der Waals surface area contributed by atoms with Crippen LogP contribution in [0.1, 0.15) is 22.3 Å². The Morgan fingerprint density at radius 1 is 0.789 bits per heavy atom. The Morgan fingerprint density at radius 3 is 2.37 bits per heavy atom. The van der Waals surface area contributed by atoms with Crippen LogP contribution >= 0.6 is 0 Å². The van der Waals surface area contributed by atoms with Gasteiger partial charge in [-0.25, -0.2) is 9.69 Å². The molecule has 6 nitrogen and oxygen atoms in total. The number of nitrogens with one attached hydrogen (secondary N) is 1. The monoisotopic (exact) mass is 499 g/mol. The number of carbonyl (C=O) groups excluding carboxylic acids is 3. The number of imide groups is 2. The van der Waals surface area contributed by atoms with Crippen molar-refractivity contribution in [3.05, 3.63) is 119 Å². The van der Waals surface area contributed by atoms with Crippen LogP contribution in [0.2, 0.25) is 0 Å². The van der Waals surface area contributed by atoms with Gasteiger partial charge in [0.15, 0.2) is 0 Å². The van der Waals surface area contributed by atoms with Crippen LogP contribution in [0.15, 0.2) is 96.7 Å². The van der Waals surface area contributed by atoms with E-state index in [1.54, 1.807) is 18.2 Å². The number of amides is 4. The minimum atomic E-state index is -0.751. The van der Waals surface area contributed by atoms with Crippen LogP contribution in [-0.4, -0.2) is 22.4 Å². The third kappa shape index (κ3) is 4.06. The molecule has 1 saturated heterocycles. The number of aryl methyl sites for hydroxylation is 2. The van der Waals surface area contributed by atoms with Gasteiger partial charge in [0.05, 0.1) is 5.69 Å². The van der Waals surface area contributed by atoms with Crippen molar-refractivity contribution in [1.82, 2.24) is 9.88 Å². The van der Waals surface area contributed by atoms with Crippen LogP contribution in [0.4, 0.5) is 10.5 Å². The van der Waals surface area contributed by atoms with Crippen LogP contribution in [-0.2, 0) is 16.1 Å². The lowest BCUT2D eigenvalue weighted by Crippen LogP contribution is -2.54. The predicted molar refractivity (Wildman–Crippen MR) is 150 cm³/mol. The fourth-order valence-electron chi connectivity index (χ4n) is 4.97. The lowest BCUT2D eigenvalue weighted by atomic mass is 10.0. The van der Waals surface area contributed by atoms with Gasteiger partial charge >= 0.3 is 6.03 Å². The van der Waals surface area contributed by atoms with Gasteiger partial charge in [-0.2, -0.15) is 0 Å². The summed E-state index contributed by atoms with van der Waals surface area (Å²) in [5, 5.41) is 5.59. The maximum absolute atomic E-state index is 13.5. The summed E-state index contributed by atoms with van der Waals surface area (Å²) < 4.78 is 2.11. The largest absolute Gasteiger partial charge is 0.342 e. The third-order valence-electron chi connectivity index (χ3n) is 7.14. The van der Waals surface area contributed by atoms with E-state index in [4.69, 9.17) is 0 Å². The predicted octanol–water partition coefficient (Wildman–Crippen LogP) is 6.13. The van der Waals surface area contributed by atoms with Crippen LogP contribution in [0.5, 0.6) is 0 Å². The summed E-state index contributed by atoms with van der Waals surface area (Å²) in [6, 6.07) is 27.1. The molecule has 0 atom stereocenters. The lowest BCUT2D eigenvalue weighted by molar-refractivity contribution is -0.122. The Labute approximate surface area is 219 Å². The highest BCUT2D eigenvalue weighted by atomic mass is 16.2. The van der Waals surface area contributed by atoms with E-state index in [0.717, 1.165) is 38.1 Å². The Morgan fingerprint density at radius 2 is 1.55 bits per heavy atom. The Hall–Kier alpha value is -4.97. The average molecular weight is 500 g/mol.